The normalized spacial score (nSPS) is 44.8. The Bertz CT molecular complexity index is 199. The lowest BCUT2D eigenvalue weighted by atomic mass is 10.3. The van der Waals surface area contributed by atoms with E-state index >= 15 is 0 Å². The maximum Gasteiger partial charge on any atom is 0.0820 e. The van der Waals surface area contributed by atoms with Crippen molar-refractivity contribution in [2.75, 3.05) is 23.9 Å². The van der Waals surface area contributed by atoms with Gasteiger partial charge in [-0.15, -0.1) is 0 Å². The predicted octanol–water partition coefficient (Wildman–Crippen LogP) is 3.15. The molecular formula is C10H16OS4. The Morgan fingerprint density at radius 1 is 0.933 bits per heavy atom. The fourth-order valence-electron chi connectivity index (χ4n) is 1.47. The number of hydrogen-bond acceptors (Lipinski definition) is 5. The highest BCUT2D eigenvalue weighted by atomic mass is 33.1. The van der Waals surface area contributed by atoms with Gasteiger partial charge in [0.05, 0.1) is 12.7 Å². The number of thioether (sulfide) groups is 2. The lowest BCUT2D eigenvalue weighted by Crippen LogP contribution is -2.14. The van der Waals surface area contributed by atoms with Gasteiger partial charge in [0.1, 0.15) is 0 Å². The Morgan fingerprint density at radius 2 is 1.53 bits per heavy atom. The first-order valence-corrected chi connectivity index (χ1v) is 10.0. The summed E-state index contributed by atoms with van der Waals surface area (Å²) >= 11 is 4.18. The maximum absolute atomic E-state index is 5.05. The zero-order chi connectivity index (χ0) is 10.1. The molecule has 0 aromatic carbocycles. The zero-order valence-electron chi connectivity index (χ0n) is 8.59. The van der Waals surface area contributed by atoms with Crippen LogP contribution >= 0.6 is 45.1 Å². The van der Waals surface area contributed by atoms with Crippen LogP contribution < -0.4 is 0 Å². The first-order valence-electron chi connectivity index (χ1n) is 5.53. The third-order valence-electron chi connectivity index (χ3n) is 2.72. The Hall–Kier alpha value is 1.36. The molecule has 86 valence electrons. The highest BCUT2D eigenvalue weighted by molar-refractivity contribution is 8.79. The summed E-state index contributed by atoms with van der Waals surface area (Å²) in [6, 6.07) is 0. The Kier molecular flexibility index (Phi) is 4.07. The van der Waals surface area contributed by atoms with Crippen LogP contribution in [-0.4, -0.2) is 45.7 Å². The van der Waals surface area contributed by atoms with E-state index in [4.69, 9.17) is 4.74 Å². The second-order valence-corrected chi connectivity index (χ2v) is 9.72. The summed E-state index contributed by atoms with van der Waals surface area (Å²) in [7, 11) is 4.10. The number of ether oxygens (including phenoxy) is 1. The van der Waals surface area contributed by atoms with E-state index in [1.807, 2.05) is 10.8 Å². The topological polar surface area (TPSA) is 12.5 Å². The van der Waals surface area contributed by atoms with Gasteiger partial charge in [-0.1, -0.05) is 21.6 Å². The van der Waals surface area contributed by atoms with E-state index in [9.17, 15) is 0 Å². The molecule has 0 amide bonds. The van der Waals surface area contributed by atoms with Crippen molar-refractivity contribution in [2.45, 2.75) is 34.7 Å². The summed E-state index contributed by atoms with van der Waals surface area (Å²) in [5.41, 5.74) is 0. The van der Waals surface area contributed by atoms with Gasteiger partial charge >= 0.3 is 0 Å². The molecular weight excluding hydrogens is 264 g/mol. The van der Waals surface area contributed by atoms with Crippen molar-refractivity contribution in [2.24, 2.45) is 0 Å². The molecule has 0 N–H and O–H groups in total. The molecule has 1 nitrogen and oxygen atoms in total. The van der Waals surface area contributed by atoms with E-state index in [-0.39, 0.29) is 0 Å². The molecule has 0 spiro atoms. The summed E-state index contributed by atoms with van der Waals surface area (Å²) in [5, 5.41) is 3.07. The monoisotopic (exact) mass is 280 g/mol. The largest absolute Gasteiger partial charge is 0.373 e. The van der Waals surface area contributed by atoms with Crippen LogP contribution in [0.1, 0.15) is 12.8 Å². The quantitative estimate of drug-likeness (QED) is 0.577. The van der Waals surface area contributed by atoms with Crippen molar-refractivity contribution in [1.82, 2.24) is 0 Å². The zero-order valence-corrected chi connectivity index (χ0v) is 11.9. The average molecular weight is 281 g/mol. The van der Waals surface area contributed by atoms with Crippen LogP contribution in [0, 0.1) is 0 Å². The highest BCUT2D eigenvalue weighted by Crippen LogP contribution is 2.47. The van der Waals surface area contributed by atoms with Gasteiger partial charge in [-0.25, -0.2) is 0 Å². The van der Waals surface area contributed by atoms with Crippen LogP contribution in [0.4, 0.5) is 0 Å². The third-order valence-corrected chi connectivity index (χ3v) is 7.86. The number of rotatable bonds is 4. The van der Waals surface area contributed by atoms with Crippen LogP contribution in [0.15, 0.2) is 0 Å². The van der Waals surface area contributed by atoms with Gasteiger partial charge < -0.3 is 4.74 Å². The molecule has 4 aliphatic heterocycles. The van der Waals surface area contributed by atoms with Crippen LogP contribution in [0.25, 0.3) is 0 Å². The van der Waals surface area contributed by atoms with Crippen molar-refractivity contribution >= 4 is 45.1 Å². The smallest absolute Gasteiger partial charge is 0.0820 e. The van der Waals surface area contributed by atoms with Crippen molar-refractivity contribution in [3.8, 4) is 0 Å². The molecule has 0 aromatic rings. The number of epoxide rings is 1. The van der Waals surface area contributed by atoms with E-state index in [1.54, 1.807) is 0 Å². The van der Waals surface area contributed by atoms with Gasteiger partial charge in [-0.3, -0.25) is 0 Å². The SMILES string of the molecule is C1OC1CC1CS1.C1SC1CC1CSS1. The summed E-state index contributed by atoms with van der Waals surface area (Å²) in [4.78, 5) is 0. The predicted molar refractivity (Wildman–Crippen MR) is 75.3 cm³/mol. The highest BCUT2D eigenvalue weighted by Gasteiger charge is 2.32. The first-order chi connectivity index (χ1) is 7.40. The summed E-state index contributed by atoms with van der Waals surface area (Å²) in [5.74, 6) is 4.25. The Morgan fingerprint density at radius 3 is 1.93 bits per heavy atom. The second kappa shape index (κ2) is 5.34. The summed E-state index contributed by atoms with van der Waals surface area (Å²) in [6.07, 6.45) is 3.48. The van der Waals surface area contributed by atoms with Crippen molar-refractivity contribution in [3.63, 3.8) is 0 Å². The summed E-state index contributed by atoms with van der Waals surface area (Å²) in [6.45, 7) is 1.04. The lowest BCUT2D eigenvalue weighted by molar-refractivity contribution is 0.400. The molecule has 4 fully saturated rings. The standard InChI is InChI=1S/C5H8OS.C5H8S3/c1(4-2-6-4)5-3-7-5;1(4-2-6-4)5-3-7-8-5/h4-5H,1-3H2;4-5H,1-3H2. The van der Waals surface area contributed by atoms with Crippen LogP contribution in [0.5, 0.6) is 0 Å². The van der Waals surface area contributed by atoms with Crippen molar-refractivity contribution in [3.05, 3.63) is 0 Å². The Labute approximate surface area is 108 Å². The van der Waals surface area contributed by atoms with Crippen LogP contribution in [0.3, 0.4) is 0 Å². The molecule has 4 unspecified atom stereocenters. The first kappa shape index (κ1) is 11.5. The lowest BCUT2D eigenvalue weighted by Gasteiger charge is -2.22. The van der Waals surface area contributed by atoms with E-state index in [2.05, 4.69) is 34.3 Å². The van der Waals surface area contributed by atoms with E-state index in [0.717, 1.165) is 22.4 Å². The van der Waals surface area contributed by atoms with Crippen LogP contribution in [0.2, 0.25) is 0 Å². The summed E-state index contributed by atoms with van der Waals surface area (Å²) < 4.78 is 5.05. The van der Waals surface area contributed by atoms with E-state index in [0.29, 0.717) is 6.10 Å². The minimum atomic E-state index is 0.667. The third kappa shape index (κ3) is 4.62. The van der Waals surface area contributed by atoms with E-state index < -0.39 is 0 Å². The van der Waals surface area contributed by atoms with Gasteiger partial charge in [0.25, 0.3) is 0 Å². The van der Waals surface area contributed by atoms with Gasteiger partial charge in [-0.05, 0) is 12.8 Å². The molecule has 4 heterocycles. The molecule has 0 aromatic heterocycles. The molecule has 4 atom stereocenters. The number of hydrogen-bond donors (Lipinski definition) is 0. The molecule has 0 saturated carbocycles. The molecule has 15 heavy (non-hydrogen) atoms. The van der Waals surface area contributed by atoms with Gasteiger partial charge in [0.2, 0.25) is 0 Å². The molecule has 0 aliphatic carbocycles. The van der Waals surface area contributed by atoms with Gasteiger partial charge in [0, 0.05) is 33.0 Å². The van der Waals surface area contributed by atoms with Crippen LogP contribution in [-0.2, 0) is 4.74 Å². The van der Waals surface area contributed by atoms with Gasteiger partial charge in [-0.2, -0.15) is 23.5 Å². The minimum Gasteiger partial charge on any atom is -0.373 e. The van der Waals surface area contributed by atoms with E-state index in [1.165, 1.54) is 30.1 Å². The second-order valence-electron chi connectivity index (χ2n) is 4.34. The minimum absolute atomic E-state index is 0.667. The fraction of sp³-hybridized carbons (Fsp3) is 1.00. The van der Waals surface area contributed by atoms with Crippen molar-refractivity contribution in [1.29, 1.82) is 0 Å². The maximum atomic E-state index is 5.05. The van der Waals surface area contributed by atoms with Crippen molar-refractivity contribution < 1.29 is 4.74 Å². The average Bonchev–Trinajstić information content (AvgIpc) is 2.96. The molecule has 0 bridgehead atoms. The molecule has 4 rings (SSSR count). The Balaban J connectivity index is 0.0000000971. The molecule has 5 heteroatoms. The van der Waals surface area contributed by atoms with Gasteiger partial charge in [0.15, 0.2) is 0 Å². The molecule has 4 aliphatic rings. The molecule has 4 saturated heterocycles. The fourth-order valence-corrected chi connectivity index (χ4v) is 4.85. The molecule has 0 radical (unpaired) electrons.